The Morgan fingerprint density at radius 1 is 0.472 bits per heavy atom. The summed E-state index contributed by atoms with van der Waals surface area (Å²) in [5.41, 5.74) is 8.92. The third kappa shape index (κ3) is 4.11. The van der Waals surface area contributed by atoms with E-state index in [0.717, 1.165) is 77.0 Å². The Kier molecular flexibility index (Phi) is 5.90. The second kappa shape index (κ2) is 10.8. The number of rotatable bonds is 3. The lowest BCUT2D eigenvalue weighted by molar-refractivity contribution is 0.674. The first-order valence-corrected chi connectivity index (χ1v) is 18.6. The molecule has 0 spiro atoms. The lowest BCUT2D eigenvalue weighted by Crippen LogP contribution is -2.03. The van der Waals surface area contributed by atoms with E-state index in [9.17, 15) is 0 Å². The van der Waals surface area contributed by atoms with E-state index >= 15 is 0 Å². The fourth-order valence-electron chi connectivity index (χ4n) is 8.40. The highest BCUT2D eigenvalue weighted by Crippen LogP contribution is 2.45. The maximum absolute atomic E-state index is 6.84. The van der Waals surface area contributed by atoms with Crippen molar-refractivity contribution < 1.29 is 4.42 Å². The molecule has 53 heavy (non-hydrogen) atoms. The monoisotopic (exact) mass is 693 g/mol. The zero-order valence-electron chi connectivity index (χ0n) is 28.2. The minimum atomic E-state index is 0.652. The van der Waals surface area contributed by atoms with E-state index in [0.29, 0.717) is 5.95 Å². The first-order chi connectivity index (χ1) is 26.3. The zero-order valence-corrected chi connectivity index (χ0v) is 29.1. The Morgan fingerprint density at radius 3 is 2.09 bits per heavy atom. The minimum absolute atomic E-state index is 0.652. The maximum atomic E-state index is 6.84. The molecule has 0 bridgehead atoms. The number of para-hydroxylation sites is 2. The number of hydrogen-bond acceptors (Lipinski definition) is 4. The van der Waals surface area contributed by atoms with Crippen molar-refractivity contribution >= 4 is 96.9 Å². The molecule has 0 radical (unpaired) electrons. The fraction of sp³-hybridized carbons (Fsp3) is 0. The van der Waals surface area contributed by atoms with Gasteiger partial charge in [-0.3, -0.25) is 4.57 Å². The molecule has 246 valence electrons. The molecule has 0 aliphatic carbocycles. The van der Waals surface area contributed by atoms with Gasteiger partial charge in [-0.25, -0.2) is 9.97 Å². The summed E-state index contributed by atoms with van der Waals surface area (Å²) in [6.45, 7) is 0. The molecule has 0 aliphatic rings. The summed E-state index contributed by atoms with van der Waals surface area (Å²) in [6, 6.07) is 58.1. The van der Waals surface area contributed by atoms with E-state index in [1.165, 1.54) is 30.9 Å². The second-order valence-corrected chi connectivity index (χ2v) is 14.8. The third-order valence-corrected chi connectivity index (χ3v) is 12.0. The van der Waals surface area contributed by atoms with Crippen molar-refractivity contribution in [3.05, 3.63) is 164 Å². The lowest BCUT2D eigenvalue weighted by Gasteiger charge is -2.13. The van der Waals surface area contributed by atoms with Crippen LogP contribution >= 0.6 is 11.3 Å². The molecule has 4 heterocycles. The van der Waals surface area contributed by atoms with Crippen molar-refractivity contribution in [2.45, 2.75) is 0 Å². The first kappa shape index (κ1) is 28.8. The van der Waals surface area contributed by atoms with Gasteiger partial charge in [0.15, 0.2) is 0 Å². The van der Waals surface area contributed by atoms with Crippen molar-refractivity contribution in [2.75, 3.05) is 0 Å². The lowest BCUT2D eigenvalue weighted by atomic mass is 9.96. The molecule has 4 nitrogen and oxygen atoms in total. The summed E-state index contributed by atoms with van der Waals surface area (Å²) < 4.78 is 11.6. The van der Waals surface area contributed by atoms with Crippen LogP contribution in [0.4, 0.5) is 0 Å². The van der Waals surface area contributed by atoms with Gasteiger partial charge in [0.1, 0.15) is 11.2 Å². The Bertz CT molecular complexity index is 3460. The SMILES string of the molecule is c1ccc(-c2cc(-c3nc(-n4c5ccccc5c5ccc6c7ccccc7sc6c54)nc4ccccc34)cc3c2oc2c4ccccc4ccc32)cc1. The fourth-order valence-corrected chi connectivity index (χ4v) is 9.64. The number of furan rings is 1. The van der Waals surface area contributed by atoms with E-state index in [1.807, 2.05) is 11.3 Å². The summed E-state index contributed by atoms with van der Waals surface area (Å²) in [4.78, 5) is 10.9. The molecule has 4 aromatic heterocycles. The predicted octanol–water partition coefficient (Wildman–Crippen LogP) is 13.5. The van der Waals surface area contributed by atoms with Crippen LogP contribution in [0.2, 0.25) is 0 Å². The van der Waals surface area contributed by atoms with E-state index < -0.39 is 0 Å². The maximum Gasteiger partial charge on any atom is 0.235 e. The summed E-state index contributed by atoms with van der Waals surface area (Å²) in [7, 11) is 0. The predicted molar refractivity (Wildman–Crippen MR) is 222 cm³/mol. The summed E-state index contributed by atoms with van der Waals surface area (Å²) >= 11 is 1.84. The van der Waals surface area contributed by atoms with Gasteiger partial charge in [-0.05, 0) is 47.3 Å². The molecule has 0 amide bonds. The number of fused-ring (bicyclic) bond motifs is 13. The van der Waals surface area contributed by atoms with Crippen LogP contribution < -0.4 is 0 Å². The summed E-state index contributed by atoms with van der Waals surface area (Å²) in [5, 5.41) is 10.3. The summed E-state index contributed by atoms with van der Waals surface area (Å²) in [5.74, 6) is 0.652. The van der Waals surface area contributed by atoms with Crippen LogP contribution in [0.25, 0.3) is 114 Å². The standard InChI is InChI=1S/C48H27N3OS/c1-2-12-28(13-3-1)38-26-30(27-39-35-23-22-29-14-4-5-15-31(29)45(35)52-46(38)39)43-37-18-6-9-19-40(37)49-48(50-43)51-41-20-10-7-16-32(41)34-24-25-36-33-17-8-11-21-42(33)53-47(36)44(34)51/h1-27H. The van der Waals surface area contributed by atoms with Gasteiger partial charge in [-0.1, -0.05) is 127 Å². The molecule has 0 unspecified atom stereocenters. The van der Waals surface area contributed by atoms with E-state index in [-0.39, 0.29) is 0 Å². The Labute approximate surface area is 306 Å². The number of nitrogens with zero attached hydrogens (tertiary/aromatic N) is 3. The van der Waals surface area contributed by atoms with Crippen molar-refractivity contribution in [2.24, 2.45) is 0 Å². The van der Waals surface area contributed by atoms with Crippen molar-refractivity contribution in [1.29, 1.82) is 0 Å². The Morgan fingerprint density at radius 2 is 1.19 bits per heavy atom. The number of benzene rings is 8. The minimum Gasteiger partial charge on any atom is -0.455 e. The average molecular weight is 694 g/mol. The van der Waals surface area contributed by atoms with E-state index in [2.05, 4.69) is 168 Å². The molecule has 0 N–H and O–H groups in total. The number of thiophene rings is 1. The van der Waals surface area contributed by atoms with Gasteiger partial charge in [-0.2, -0.15) is 0 Å². The van der Waals surface area contributed by atoms with Crippen LogP contribution in [0, 0.1) is 0 Å². The third-order valence-electron chi connectivity index (χ3n) is 10.8. The Balaban J connectivity index is 1.20. The highest BCUT2D eigenvalue weighted by Gasteiger charge is 2.22. The van der Waals surface area contributed by atoms with Crippen molar-refractivity contribution in [1.82, 2.24) is 14.5 Å². The highest BCUT2D eigenvalue weighted by atomic mass is 32.1. The molecule has 0 saturated heterocycles. The van der Waals surface area contributed by atoms with Gasteiger partial charge in [-0.15, -0.1) is 11.3 Å². The van der Waals surface area contributed by atoms with Crippen LogP contribution in [0.1, 0.15) is 0 Å². The van der Waals surface area contributed by atoms with Crippen molar-refractivity contribution in [3.63, 3.8) is 0 Å². The molecule has 5 heteroatoms. The topological polar surface area (TPSA) is 43.9 Å². The quantitative estimate of drug-likeness (QED) is 0.185. The second-order valence-electron chi connectivity index (χ2n) is 13.7. The molecule has 0 aliphatic heterocycles. The zero-order chi connectivity index (χ0) is 34.6. The van der Waals surface area contributed by atoms with Gasteiger partial charge in [0.05, 0.1) is 26.9 Å². The molecule has 12 rings (SSSR count). The molecule has 12 aromatic rings. The molecule has 8 aromatic carbocycles. The van der Waals surface area contributed by atoms with Crippen LogP contribution in [0.15, 0.2) is 168 Å². The van der Waals surface area contributed by atoms with Crippen LogP contribution in [-0.4, -0.2) is 14.5 Å². The molecule has 0 saturated carbocycles. The van der Waals surface area contributed by atoms with Crippen molar-refractivity contribution in [3.8, 4) is 28.3 Å². The van der Waals surface area contributed by atoms with Gasteiger partial charge in [0.25, 0.3) is 0 Å². The van der Waals surface area contributed by atoms with Gasteiger partial charge < -0.3 is 4.42 Å². The molecule has 0 atom stereocenters. The Hall–Kier alpha value is -6.82. The normalized spacial score (nSPS) is 12.2. The van der Waals surface area contributed by atoms with Crippen LogP contribution in [0.3, 0.4) is 0 Å². The largest absolute Gasteiger partial charge is 0.455 e. The smallest absolute Gasteiger partial charge is 0.235 e. The molecule has 0 fully saturated rings. The van der Waals surface area contributed by atoms with E-state index in [1.54, 1.807) is 0 Å². The van der Waals surface area contributed by atoms with Crippen LogP contribution in [-0.2, 0) is 0 Å². The van der Waals surface area contributed by atoms with Gasteiger partial charge >= 0.3 is 0 Å². The van der Waals surface area contributed by atoms with Gasteiger partial charge in [0.2, 0.25) is 5.95 Å². The first-order valence-electron chi connectivity index (χ1n) is 17.8. The molecular weight excluding hydrogens is 667 g/mol. The van der Waals surface area contributed by atoms with Gasteiger partial charge in [0, 0.05) is 58.9 Å². The average Bonchev–Trinajstić information content (AvgIpc) is 3.90. The number of hydrogen-bond donors (Lipinski definition) is 0. The van der Waals surface area contributed by atoms with E-state index in [4.69, 9.17) is 14.4 Å². The van der Waals surface area contributed by atoms with Crippen LogP contribution in [0.5, 0.6) is 0 Å². The highest BCUT2D eigenvalue weighted by molar-refractivity contribution is 7.26. The number of aromatic nitrogens is 3. The molecular formula is C48H27N3OS. The summed E-state index contributed by atoms with van der Waals surface area (Å²) in [6.07, 6.45) is 0.